The van der Waals surface area contributed by atoms with Crippen LogP contribution in [0.2, 0.25) is 0 Å². The van der Waals surface area contributed by atoms with Crippen molar-refractivity contribution >= 4 is 22.6 Å². The summed E-state index contributed by atoms with van der Waals surface area (Å²) in [5.74, 6) is 0.845. The minimum absolute atomic E-state index is 0.171. The van der Waals surface area contributed by atoms with E-state index in [1.165, 1.54) is 6.07 Å². The van der Waals surface area contributed by atoms with Crippen molar-refractivity contribution in [3.63, 3.8) is 0 Å². The molecule has 80 valence electrons. The van der Waals surface area contributed by atoms with Gasteiger partial charge in [-0.15, -0.1) is 0 Å². The molecule has 2 rings (SSSR count). The number of nitrogens with one attached hydrogen (secondary N) is 1. The SMILES string of the molecule is Cc1cc(NC2=NC(C)CS2)ccc1F. The molecule has 1 aromatic carbocycles. The molecule has 0 radical (unpaired) electrons. The number of anilines is 1. The fourth-order valence-corrected chi connectivity index (χ4v) is 2.31. The zero-order valence-corrected chi connectivity index (χ0v) is 9.57. The van der Waals surface area contributed by atoms with Crippen molar-refractivity contribution in [2.75, 3.05) is 11.1 Å². The van der Waals surface area contributed by atoms with Gasteiger partial charge in [-0.1, -0.05) is 11.8 Å². The van der Waals surface area contributed by atoms with Gasteiger partial charge in [0.05, 0.1) is 6.04 Å². The molecule has 1 aliphatic rings. The van der Waals surface area contributed by atoms with Crippen molar-refractivity contribution in [2.45, 2.75) is 19.9 Å². The van der Waals surface area contributed by atoms with Crippen molar-refractivity contribution in [1.82, 2.24) is 0 Å². The molecule has 0 amide bonds. The average Bonchev–Trinajstić information content (AvgIpc) is 2.58. The van der Waals surface area contributed by atoms with Crippen molar-refractivity contribution < 1.29 is 4.39 Å². The van der Waals surface area contributed by atoms with Crippen molar-refractivity contribution in [1.29, 1.82) is 0 Å². The van der Waals surface area contributed by atoms with E-state index in [9.17, 15) is 4.39 Å². The molecule has 1 N–H and O–H groups in total. The molecular weight excluding hydrogens is 211 g/mol. The van der Waals surface area contributed by atoms with Gasteiger partial charge in [0.2, 0.25) is 0 Å². The van der Waals surface area contributed by atoms with E-state index in [4.69, 9.17) is 0 Å². The Morgan fingerprint density at radius 2 is 2.33 bits per heavy atom. The molecule has 0 saturated heterocycles. The third-order valence-electron chi connectivity index (χ3n) is 2.21. The first-order valence-electron chi connectivity index (χ1n) is 4.89. The Morgan fingerprint density at radius 1 is 1.53 bits per heavy atom. The molecule has 4 heteroatoms. The van der Waals surface area contributed by atoms with E-state index in [0.717, 1.165) is 16.6 Å². The number of aryl methyl sites for hydroxylation is 1. The lowest BCUT2D eigenvalue weighted by Crippen LogP contribution is -2.05. The summed E-state index contributed by atoms with van der Waals surface area (Å²) < 4.78 is 13.0. The number of aliphatic imine (C=N–C) groups is 1. The van der Waals surface area contributed by atoms with Crippen LogP contribution in [0.25, 0.3) is 0 Å². The molecule has 0 fully saturated rings. The molecular formula is C11H13FN2S. The third kappa shape index (κ3) is 2.50. The molecule has 1 heterocycles. The summed E-state index contributed by atoms with van der Waals surface area (Å²) in [6.45, 7) is 3.84. The first-order chi connectivity index (χ1) is 7.15. The Labute approximate surface area is 93.0 Å². The maximum absolute atomic E-state index is 13.0. The van der Waals surface area contributed by atoms with E-state index in [1.54, 1.807) is 30.8 Å². The van der Waals surface area contributed by atoms with E-state index in [-0.39, 0.29) is 5.82 Å². The Bertz CT molecular complexity index is 404. The first-order valence-corrected chi connectivity index (χ1v) is 5.87. The minimum Gasteiger partial charge on any atom is -0.335 e. The van der Waals surface area contributed by atoms with Crippen LogP contribution in [0.3, 0.4) is 0 Å². The Balaban J connectivity index is 2.11. The number of halogens is 1. The number of nitrogens with zero attached hydrogens (tertiary/aromatic N) is 1. The Hall–Kier alpha value is -1.03. The van der Waals surface area contributed by atoms with Gasteiger partial charge < -0.3 is 5.32 Å². The summed E-state index contributed by atoms with van der Waals surface area (Å²) in [5.41, 5.74) is 1.55. The standard InChI is InChI=1S/C11H13FN2S/c1-7-5-9(3-4-10(7)12)14-11-13-8(2)6-15-11/h3-5,8H,6H2,1-2H3,(H,13,14). The zero-order chi connectivity index (χ0) is 10.8. The number of hydrogen-bond donors (Lipinski definition) is 1. The van der Waals surface area contributed by atoms with Crippen LogP contribution in [-0.2, 0) is 0 Å². The quantitative estimate of drug-likeness (QED) is 0.793. The fourth-order valence-electron chi connectivity index (χ4n) is 1.39. The van der Waals surface area contributed by atoms with Crippen LogP contribution >= 0.6 is 11.8 Å². The molecule has 1 aromatic rings. The van der Waals surface area contributed by atoms with E-state index in [1.807, 2.05) is 0 Å². The summed E-state index contributed by atoms with van der Waals surface area (Å²) in [5, 5.41) is 4.11. The van der Waals surface area contributed by atoms with Gasteiger partial charge in [-0.2, -0.15) is 0 Å². The first kappa shape index (κ1) is 10.5. The van der Waals surface area contributed by atoms with E-state index < -0.39 is 0 Å². The van der Waals surface area contributed by atoms with Gasteiger partial charge >= 0.3 is 0 Å². The van der Waals surface area contributed by atoms with Crippen molar-refractivity contribution in [3.8, 4) is 0 Å². The van der Waals surface area contributed by atoms with Gasteiger partial charge in [-0.3, -0.25) is 4.99 Å². The van der Waals surface area contributed by atoms with Gasteiger partial charge in [-0.05, 0) is 37.6 Å². The third-order valence-corrected chi connectivity index (χ3v) is 3.34. The normalized spacial score (nSPS) is 20.2. The molecule has 0 saturated carbocycles. The molecule has 15 heavy (non-hydrogen) atoms. The maximum Gasteiger partial charge on any atom is 0.161 e. The highest BCUT2D eigenvalue weighted by Gasteiger charge is 2.13. The van der Waals surface area contributed by atoms with Crippen molar-refractivity contribution in [2.24, 2.45) is 4.99 Å². The van der Waals surface area contributed by atoms with Crippen LogP contribution in [0, 0.1) is 12.7 Å². The van der Waals surface area contributed by atoms with E-state index >= 15 is 0 Å². The second kappa shape index (κ2) is 4.23. The summed E-state index contributed by atoms with van der Waals surface area (Å²) >= 11 is 1.70. The molecule has 0 aromatic heterocycles. The predicted molar refractivity (Wildman–Crippen MR) is 64.1 cm³/mol. The largest absolute Gasteiger partial charge is 0.335 e. The second-order valence-electron chi connectivity index (χ2n) is 3.68. The number of rotatable bonds is 1. The molecule has 0 aliphatic carbocycles. The van der Waals surface area contributed by atoms with Gasteiger partial charge in [0.1, 0.15) is 5.82 Å². The van der Waals surface area contributed by atoms with Crippen LogP contribution in [-0.4, -0.2) is 17.0 Å². The van der Waals surface area contributed by atoms with Crippen molar-refractivity contribution in [3.05, 3.63) is 29.6 Å². The smallest absolute Gasteiger partial charge is 0.161 e. The fraction of sp³-hybridized carbons (Fsp3) is 0.364. The summed E-state index contributed by atoms with van der Waals surface area (Å²) in [4.78, 5) is 4.41. The second-order valence-corrected chi connectivity index (χ2v) is 4.69. The highest BCUT2D eigenvalue weighted by molar-refractivity contribution is 8.14. The zero-order valence-electron chi connectivity index (χ0n) is 8.75. The highest BCUT2D eigenvalue weighted by atomic mass is 32.2. The van der Waals surface area contributed by atoms with Crippen LogP contribution in [0.15, 0.2) is 23.2 Å². The molecule has 0 spiro atoms. The lowest BCUT2D eigenvalue weighted by Gasteiger charge is -2.06. The molecule has 0 bridgehead atoms. The lowest BCUT2D eigenvalue weighted by molar-refractivity contribution is 0.619. The van der Waals surface area contributed by atoms with Crippen LogP contribution in [0.4, 0.5) is 10.1 Å². The van der Waals surface area contributed by atoms with Crippen LogP contribution in [0.5, 0.6) is 0 Å². The van der Waals surface area contributed by atoms with E-state index in [2.05, 4.69) is 17.2 Å². The highest BCUT2D eigenvalue weighted by Crippen LogP contribution is 2.21. The Kier molecular flexibility index (Phi) is 2.95. The number of hydrogen-bond acceptors (Lipinski definition) is 3. The summed E-state index contributed by atoms with van der Waals surface area (Å²) in [6, 6.07) is 5.37. The van der Waals surface area contributed by atoms with E-state index in [0.29, 0.717) is 11.6 Å². The maximum atomic E-state index is 13.0. The molecule has 1 unspecified atom stereocenters. The van der Waals surface area contributed by atoms with Gasteiger partial charge in [0.25, 0.3) is 0 Å². The predicted octanol–water partition coefficient (Wildman–Crippen LogP) is 3.04. The van der Waals surface area contributed by atoms with Gasteiger partial charge in [0, 0.05) is 11.4 Å². The number of amidine groups is 1. The molecule has 1 aliphatic heterocycles. The summed E-state index contributed by atoms with van der Waals surface area (Å²) in [7, 11) is 0. The number of benzene rings is 1. The topological polar surface area (TPSA) is 24.4 Å². The van der Waals surface area contributed by atoms with Gasteiger partial charge in [0.15, 0.2) is 5.17 Å². The van der Waals surface area contributed by atoms with Crippen LogP contribution in [0.1, 0.15) is 12.5 Å². The molecule has 2 nitrogen and oxygen atoms in total. The molecule has 1 atom stereocenters. The average molecular weight is 224 g/mol. The Morgan fingerprint density at radius 3 is 2.93 bits per heavy atom. The number of thioether (sulfide) groups is 1. The van der Waals surface area contributed by atoms with Gasteiger partial charge in [-0.25, -0.2) is 4.39 Å². The minimum atomic E-state index is -0.171. The van der Waals surface area contributed by atoms with Crippen LogP contribution < -0.4 is 5.32 Å². The lowest BCUT2D eigenvalue weighted by atomic mass is 10.2. The summed E-state index contributed by atoms with van der Waals surface area (Å²) in [6.07, 6.45) is 0. The monoisotopic (exact) mass is 224 g/mol.